The summed E-state index contributed by atoms with van der Waals surface area (Å²) in [5.74, 6) is 0.0253. The third-order valence-electron chi connectivity index (χ3n) is 2.24. The van der Waals surface area contributed by atoms with Crippen LogP contribution < -0.4 is 4.74 Å². The Balaban J connectivity index is 2.41. The smallest absolute Gasteiger partial charge is 0.138 e. The Bertz CT molecular complexity index is 508. The van der Waals surface area contributed by atoms with Crippen molar-refractivity contribution in [2.75, 3.05) is 6.61 Å². The molecule has 1 N–H and O–H groups in total. The lowest BCUT2D eigenvalue weighted by molar-refractivity contribution is 0.339. The second-order valence-electron chi connectivity index (χ2n) is 3.54. The fourth-order valence-electron chi connectivity index (χ4n) is 1.56. The van der Waals surface area contributed by atoms with Crippen molar-refractivity contribution in [1.29, 1.82) is 0 Å². The number of aromatic nitrogens is 1. The molecule has 0 amide bonds. The first-order chi connectivity index (χ1) is 8.19. The van der Waals surface area contributed by atoms with Crippen LogP contribution in [0.5, 0.6) is 11.5 Å². The molecule has 1 aromatic heterocycles. The van der Waals surface area contributed by atoms with Gasteiger partial charge in [-0.3, -0.25) is 4.98 Å². The largest absolute Gasteiger partial charge is 0.508 e. The molecule has 0 bridgehead atoms. The van der Waals surface area contributed by atoms with Crippen molar-refractivity contribution in [2.24, 2.45) is 0 Å². The second-order valence-corrected chi connectivity index (χ2v) is 3.54. The van der Waals surface area contributed by atoms with E-state index in [-0.39, 0.29) is 5.75 Å². The molecule has 0 saturated heterocycles. The Morgan fingerprint density at radius 3 is 2.71 bits per heavy atom. The molecule has 0 aliphatic rings. The lowest BCUT2D eigenvalue weighted by Gasteiger charge is -2.06. The quantitative estimate of drug-likeness (QED) is 0.886. The average molecular weight is 233 g/mol. The first kappa shape index (κ1) is 11.4. The van der Waals surface area contributed by atoms with Crippen molar-refractivity contribution in [3.05, 3.63) is 42.5 Å². The summed E-state index contributed by atoms with van der Waals surface area (Å²) in [5, 5.41) is 9.34. The number of phenolic OH excluding ortho intramolecular Hbond substituents is 1. The molecular formula is C13H12FNO2. The third-order valence-corrected chi connectivity index (χ3v) is 2.24. The number of halogens is 1. The molecule has 1 heterocycles. The monoisotopic (exact) mass is 233 g/mol. The minimum Gasteiger partial charge on any atom is -0.508 e. The summed E-state index contributed by atoms with van der Waals surface area (Å²) in [7, 11) is 0. The zero-order chi connectivity index (χ0) is 12.3. The van der Waals surface area contributed by atoms with Crippen molar-refractivity contribution < 1.29 is 14.2 Å². The van der Waals surface area contributed by atoms with Crippen LogP contribution in [0.1, 0.15) is 6.92 Å². The molecule has 2 rings (SSSR count). The van der Waals surface area contributed by atoms with E-state index in [1.54, 1.807) is 18.5 Å². The summed E-state index contributed by atoms with van der Waals surface area (Å²) >= 11 is 0. The molecule has 0 aliphatic carbocycles. The van der Waals surface area contributed by atoms with E-state index in [2.05, 4.69) is 4.98 Å². The molecule has 2 aromatic rings. The van der Waals surface area contributed by atoms with E-state index in [9.17, 15) is 9.50 Å². The van der Waals surface area contributed by atoms with Crippen LogP contribution in [0.4, 0.5) is 4.39 Å². The highest BCUT2D eigenvalue weighted by atomic mass is 19.1. The number of benzene rings is 1. The normalized spacial score (nSPS) is 10.2. The number of hydrogen-bond acceptors (Lipinski definition) is 3. The van der Waals surface area contributed by atoms with Crippen LogP contribution in [0.2, 0.25) is 0 Å². The zero-order valence-electron chi connectivity index (χ0n) is 9.35. The topological polar surface area (TPSA) is 42.4 Å². The van der Waals surface area contributed by atoms with E-state index >= 15 is 0 Å². The van der Waals surface area contributed by atoms with Crippen LogP contribution in [-0.2, 0) is 0 Å². The number of ether oxygens (including phenoxy) is 1. The molecule has 0 atom stereocenters. The van der Waals surface area contributed by atoms with Crippen LogP contribution in [0, 0.1) is 5.82 Å². The Labute approximate surface area is 98.5 Å². The standard InChI is InChI=1S/C13H12FNO2/c1-2-17-13-5-10(7-15-8-13)9-3-11(14)6-12(16)4-9/h3-8,16H,2H2,1H3. The third kappa shape index (κ3) is 2.72. The van der Waals surface area contributed by atoms with Crippen LogP contribution in [0.15, 0.2) is 36.7 Å². The second kappa shape index (κ2) is 4.82. The fraction of sp³-hybridized carbons (Fsp3) is 0.154. The van der Waals surface area contributed by atoms with Gasteiger partial charge in [0.2, 0.25) is 0 Å². The van der Waals surface area contributed by atoms with Gasteiger partial charge in [-0.1, -0.05) is 0 Å². The number of hydrogen-bond donors (Lipinski definition) is 1. The highest BCUT2D eigenvalue weighted by Gasteiger charge is 2.04. The van der Waals surface area contributed by atoms with Gasteiger partial charge in [-0.2, -0.15) is 0 Å². The molecule has 17 heavy (non-hydrogen) atoms. The molecule has 1 aromatic carbocycles. The van der Waals surface area contributed by atoms with Gasteiger partial charge < -0.3 is 9.84 Å². The van der Waals surface area contributed by atoms with Crippen LogP contribution in [0.3, 0.4) is 0 Å². The summed E-state index contributed by atoms with van der Waals surface area (Å²) in [5.41, 5.74) is 1.27. The van der Waals surface area contributed by atoms with Crippen molar-refractivity contribution >= 4 is 0 Å². The van der Waals surface area contributed by atoms with E-state index in [0.717, 1.165) is 6.07 Å². The van der Waals surface area contributed by atoms with E-state index in [0.29, 0.717) is 23.5 Å². The van der Waals surface area contributed by atoms with Gasteiger partial charge in [-0.15, -0.1) is 0 Å². The number of phenols is 1. The number of pyridine rings is 1. The SMILES string of the molecule is CCOc1cncc(-c2cc(O)cc(F)c2)c1. The van der Waals surface area contributed by atoms with Gasteiger partial charge in [0.1, 0.15) is 17.3 Å². The molecule has 3 nitrogen and oxygen atoms in total. The Morgan fingerprint density at radius 2 is 2.00 bits per heavy atom. The first-order valence-electron chi connectivity index (χ1n) is 5.27. The van der Waals surface area contributed by atoms with E-state index in [4.69, 9.17) is 4.74 Å². The van der Waals surface area contributed by atoms with Gasteiger partial charge in [-0.05, 0) is 30.7 Å². The summed E-state index contributed by atoms with van der Waals surface area (Å²) in [4.78, 5) is 4.01. The number of nitrogens with zero attached hydrogens (tertiary/aromatic N) is 1. The maximum absolute atomic E-state index is 13.2. The van der Waals surface area contributed by atoms with E-state index in [1.165, 1.54) is 12.1 Å². The van der Waals surface area contributed by atoms with Crippen molar-refractivity contribution in [3.63, 3.8) is 0 Å². The zero-order valence-corrected chi connectivity index (χ0v) is 9.35. The van der Waals surface area contributed by atoms with Gasteiger partial charge >= 0.3 is 0 Å². The maximum atomic E-state index is 13.2. The Morgan fingerprint density at radius 1 is 1.18 bits per heavy atom. The summed E-state index contributed by atoms with van der Waals surface area (Å²) < 4.78 is 18.5. The van der Waals surface area contributed by atoms with Gasteiger partial charge in [0, 0.05) is 17.8 Å². The van der Waals surface area contributed by atoms with Crippen LogP contribution in [-0.4, -0.2) is 16.7 Å². The summed E-state index contributed by atoms with van der Waals surface area (Å²) in [6.45, 7) is 2.42. The van der Waals surface area contributed by atoms with Crippen molar-refractivity contribution in [1.82, 2.24) is 4.98 Å². The van der Waals surface area contributed by atoms with E-state index < -0.39 is 5.82 Å². The van der Waals surface area contributed by atoms with Crippen LogP contribution in [0.25, 0.3) is 11.1 Å². The average Bonchev–Trinajstić information content (AvgIpc) is 2.28. The highest BCUT2D eigenvalue weighted by molar-refractivity contribution is 5.65. The van der Waals surface area contributed by atoms with Gasteiger partial charge in [-0.25, -0.2) is 4.39 Å². The lowest BCUT2D eigenvalue weighted by atomic mass is 10.1. The van der Waals surface area contributed by atoms with Crippen molar-refractivity contribution in [3.8, 4) is 22.6 Å². The molecule has 4 heteroatoms. The van der Waals surface area contributed by atoms with Crippen LogP contribution >= 0.6 is 0 Å². The molecular weight excluding hydrogens is 221 g/mol. The molecule has 0 saturated carbocycles. The van der Waals surface area contributed by atoms with Gasteiger partial charge in [0.05, 0.1) is 12.8 Å². The first-order valence-corrected chi connectivity index (χ1v) is 5.27. The molecule has 0 unspecified atom stereocenters. The molecule has 0 radical (unpaired) electrons. The summed E-state index contributed by atoms with van der Waals surface area (Å²) in [6, 6.07) is 5.64. The minimum atomic E-state index is -0.484. The molecule has 88 valence electrons. The maximum Gasteiger partial charge on any atom is 0.138 e. The highest BCUT2D eigenvalue weighted by Crippen LogP contribution is 2.26. The Kier molecular flexibility index (Phi) is 3.23. The molecule has 0 fully saturated rings. The van der Waals surface area contributed by atoms with Crippen molar-refractivity contribution in [2.45, 2.75) is 6.92 Å². The summed E-state index contributed by atoms with van der Waals surface area (Å²) in [6.07, 6.45) is 3.18. The number of aromatic hydroxyl groups is 1. The minimum absolute atomic E-state index is 0.109. The molecule has 0 aliphatic heterocycles. The fourth-order valence-corrected chi connectivity index (χ4v) is 1.56. The lowest BCUT2D eigenvalue weighted by Crippen LogP contribution is -1.92. The Hall–Kier alpha value is -2.10. The van der Waals surface area contributed by atoms with Gasteiger partial charge in [0.25, 0.3) is 0 Å². The van der Waals surface area contributed by atoms with Gasteiger partial charge in [0.15, 0.2) is 0 Å². The predicted molar refractivity (Wildman–Crippen MR) is 62.5 cm³/mol. The number of rotatable bonds is 3. The predicted octanol–water partition coefficient (Wildman–Crippen LogP) is 2.99. The van der Waals surface area contributed by atoms with E-state index in [1.807, 2.05) is 6.92 Å². The molecule has 0 spiro atoms.